The number of fused-ring (bicyclic) bond motifs is 2. The largest absolute Gasteiger partial charge is 0.468 e. The van der Waals surface area contributed by atoms with Crippen molar-refractivity contribution in [3.8, 4) is 0 Å². The highest BCUT2D eigenvalue weighted by atomic mass is 32.1. The molecule has 3 amide bonds. The molecule has 4 heterocycles. The monoisotopic (exact) mass is 772 g/mol. The number of esters is 2. The number of benzene rings is 1. The molecule has 282 valence electrons. The number of aromatic nitrogens is 2. The third kappa shape index (κ3) is 11.4. The number of alkyl carbamates (subject to hydrolysis) is 1. The Hall–Kier alpha value is -5.59. The number of amides is 3. The lowest BCUT2D eigenvalue weighted by Gasteiger charge is -2.17. The van der Waals surface area contributed by atoms with Gasteiger partial charge in [-0.3, -0.25) is 24.4 Å². The predicted octanol–water partition coefficient (Wildman–Crippen LogP) is 4.60. The zero-order valence-electron chi connectivity index (χ0n) is 27.9. The van der Waals surface area contributed by atoms with E-state index in [1.807, 2.05) is 18.2 Å². The normalized spacial score (nSPS) is 11.6. The number of nitrogens with one attached hydrogen (secondary N) is 3. The van der Waals surface area contributed by atoms with E-state index in [1.165, 1.54) is 26.6 Å². The van der Waals surface area contributed by atoms with Crippen LogP contribution in [-0.4, -0.2) is 79.2 Å². The highest BCUT2D eigenvalue weighted by molar-refractivity contribution is 7.21. The van der Waals surface area contributed by atoms with E-state index in [0.29, 0.717) is 41.3 Å². The number of hydrogen-bond acceptors (Lipinski definition) is 13. The molecule has 2 atom stereocenters. The van der Waals surface area contributed by atoms with E-state index in [9.17, 15) is 32.8 Å². The first-order chi connectivity index (χ1) is 25.1. The summed E-state index contributed by atoms with van der Waals surface area (Å²) >= 11 is 2.25. The van der Waals surface area contributed by atoms with E-state index in [1.54, 1.807) is 36.4 Å². The molecule has 0 unspecified atom stereocenters. The van der Waals surface area contributed by atoms with Crippen LogP contribution in [-0.2, 0) is 43.8 Å². The summed E-state index contributed by atoms with van der Waals surface area (Å²) in [5, 5.41) is 7.49. The number of methoxy groups -OCH3 is 2. The number of thiophene rings is 2. The molecule has 1 aromatic carbocycles. The summed E-state index contributed by atoms with van der Waals surface area (Å²) in [6, 6.07) is 13.2. The third-order valence-electron chi connectivity index (χ3n) is 7.17. The highest BCUT2D eigenvalue weighted by Gasteiger charge is 2.24. The maximum Gasteiger partial charge on any atom is 0.408 e. The second-order valence-corrected chi connectivity index (χ2v) is 12.8. The Morgan fingerprint density at radius 2 is 1.28 bits per heavy atom. The molecule has 5 rings (SSSR count). The minimum atomic E-state index is -1.15. The summed E-state index contributed by atoms with van der Waals surface area (Å²) in [4.78, 5) is 68.6. The molecule has 0 aliphatic rings. The fraction of sp³-hybridized carbons (Fsp3) is 0.286. The maximum atomic E-state index is 13.1. The molecule has 0 saturated carbocycles. The lowest BCUT2D eigenvalue weighted by atomic mass is 10.2. The number of halogens is 2. The molecule has 0 spiro atoms. The number of carbonyl (C=O) groups excluding carboxylic acids is 5. The zero-order chi connectivity index (χ0) is 37.6. The fourth-order valence-electron chi connectivity index (χ4n) is 4.46. The lowest BCUT2D eigenvalue weighted by Crippen LogP contribution is -2.49. The Morgan fingerprint density at radius 1 is 0.774 bits per heavy atom. The van der Waals surface area contributed by atoms with Crippen LogP contribution in [0.4, 0.5) is 13.6 Å². The Labute approximate surface area is 311 Å². The maximum absolute atomic E-state index is 13.1. The van der Waals surface area contributed by atoms with Gasteiger partial charge in [-0.25, -0.2) is 18.4 Å². The van der Waals surface area contributed by atoms with Gasteiger partial charge >= 0.3 is 18.0 Å². The molecule has 53 heavy (non-hydrogen) atoms. The number of pyridine rings is 2. The van der Waals surface area contributed by atoms with Gasteiger partial charge in [0.25, 0.3) is 11.8 Å². The van der Waals surface area contributed by atoms with Crippen molar-refractivity contribution in [3.05, 3.63) is 93.4 Å². The summed E-state index contributed by atoms with van der Waals surface area (Å²) in [6.45, 7) is -1.51. The predicted molar refractivity (Wildman–Crippen MR) is 196 cm³/mol. The van der Waals surface area contributed by atoms with Crippen molar-refractivity contribution >= 4 is 73.0 Å². The van der Waals surface area contributed by atoms with Crippen LogP contribution in [0.2, 0.25) is 0 Å². The average Bonchev–Trinajstić information content (AvgIpc) is 3.83. The van der Waals surface area contributed by atoms with Gasteiger partial charge in [-0.1, -0.05) is 37.8 Å². The van der Waals surface area contributed by atoms with E-state index in [0.717, 1.165) is 28.2 Å². The second-order valence-electron chi connectivity index (χ2n) is 10.7. The van der Waals surface area contributed by atoms with Crippen LogP contribution >= 0.6 is 22.7 Å². The quantitative estimate of drug-likeness (QED) is 0.0964. The first-order valence-corrected chi connectivity index (χ1v) is 17.0. The van der Waals surface area contributed by atoms with Gasteiger partial charge in [-0.2, -0.15) is 0 Å². The summed E-state index contributed by atoms with van der Waals surface area (Å²) in [7, 11) is 2.39. The van der Waals surface area contributed by atoms with Gasteiger partial charge in [0.2, 0.25) is 0 Å². The number of alkyl halides is 2. The van der Waals surface area contributed by atoms with Gasteiger partial charge in [0.05, 0.1) is 44.4 Å². The van der Waals surface area contributed by atoms with Crippen LogP contribution < -0.4 is 21.7 Å². The summed E-state index contributed by atoms with van der Waals surface area (Å²) in [6.07, 6.45) is 2.15. The van der Waals surface area contributed by atoms with Crippen LogP contribution in [0.25, 0.3) is 20.4 Å². The number of hydrogen-bond donors (Lipinski definition) is 4. The Balaban J connectivity index is 0.000000301. The number of rotatable bonds is 13. The first kappa shape index (κ1) is 41.8. The van der Waals surface area contributed by atoms with Crippen LogP contribution in [0.3, 0.4) is 0 Å². The summed E-state index contributed by atoms with van der Waals surface area (Å²) in [5.74, 6) is -2.22. The molecular weight excluding hydrogens is 735 g/mol. The van der Waals surface area contributed by atoms with E-state index in [2.05, 4.69) is 35.4 Å². The minimum Gasteiger partial charge on any atom is -0.468 e. The Kier molecular flexibility index (Phi) is 16.1. The molecule has 0 aliphatic heterocycles. The molecule has 18 heteroatoms. The molecule has 0 aliphatic carbocycles. The van der Waals surface area contributed by atoms with Gasteiger partial charge in [-0.15, -0.1) is 22.7 Å². The van der Waals surface area contributed by atoms with E-state index < -0.39 is 49.4 Å². The average molecular weight is 773 g/mol. The van der Waals surface area contributed by atoms with Crippen molar-refractivity contribution in [2.24, 2.45) is 5.73 Å². The molecule has 0 radical (unpaired) electrons. The second kappa shape index (κ2) is 20.4. The first-order valence-electron chi connectivity index (χ1n) is 15.4. The SMILES string of the molecule is C.COC(=O)[C@@H](CNC(=O)c1cc2nccc(CF)c2s1)NC(=O)OCc1ccccc1.COC(=O)[C@H](N)CNC(=O)c1cc2nccc(CF)c2s1. The zero-order valence-corrected chi connectivity index (χ0v) is 29.5. The highest BCUT2D eigenvalue weighted by Crippen LogP contribution is 2.29. The Bertz CT molecular complexity index is 2030. The molecule has 0 fully saturated rings. The van der Waals surface area contributed by atoms with Crippen LogP contribution in [0.5, 0.6) is 0 Å². The molecule has 0 bridgehead atoms. The number of carbonyl (C=O) groups is 5. The van der Waals surface area contributed by atoms with Gasteiger partial charge < -0.3 is 35.9 Å². The van der Waals surface area contributed by atoms with Crippen molar-refractivity contribution in [3.63, 3.8) is 0 Å². The minimum absolute atomic E-state index is 0. The fourth-order valence-corrected chi connectivity index (χ4v) is 6.51. The Morgan fingerprint density at radius 3 is 1.77 bits per heavy atom. The molecule has 5 N–H and O–H groups in total. The van der Waals surface area contributed by atoms with E-state index in [4.69, 9.17) is 10.5 Å². The topological polar surface area (TPSA) is 201 Å². The van der Waals surface area contributed by atoms with Crippen LogP contribution in [0.15, 0.2) is 67.0 Å². The summed E-state index contributed by atoms with van der Waals surface area (Å²) in [5.41, 5.74) is 8.33. The van der Waals surface area contributed by atoms with Crippen molar-refractivity contribution in [2.45, 2.75) is 39.5 Å². The molecule has 14 nitrogen and oxygen atoms in total. The molecule has 4 aromatic heterocycles. The molecular formula is C35H38F2N6O8S2. The van der Waals surface area contributed by atoms with Gasteiger partial charge in [0.1, 0.15) is 32.0 Å². The van der Waals surface area contributed by atoms with Crippen molar-refractivity contribution in [2.75, 3.05) is 27.3 Å². The number of ether oxygens (including phenoxy) is 3. The van der Waals surface area contributed by atoms with E-state index in [-0.39, 0.29) is 33.0 Å². The van der Waals surface area contributed by atoms with Gasteiger partial charge in [0.15, 0.2) is 0 Å². The van der Waals surface area contributed by atoms with Crippen molar-refractivity contribution in [1.29, 1.82) is 0 Å². The number of nitrogens with zero attached hydrogens (tertiary/aromatic N) is 2. The lowest BCUT2D eigenvalue weighted by molar-refractivity contribution is -0.143. The summed E-state index contributed by atoms with van der Waals surface area (Å²) < 4.78 is 41.4. The molecule has 0 saturated heterocycles. The molecule has 5 aromatic rings. The van der Waals surface area contributed by atoms with Crippen molar-refractivity contribution < 1.29 is 47.0 Å². The smallest absolute Gasteiger partial charge is 0.408 e. The van der Waals surface area contributed by atoms with Crippen molar-refractivity contribution in [1.82, 2.24) is 25.9 Å². The van der Waals surface area contributed by atoms with Crippen LogP contribution in [0.1, 0.15) is 43.5 Å². The van der Waals surface area contributed by atoms with E-state index >= 15 is 0 Å². The van der Waals surface area contributed by atoms with Gasteiger partial charge in [-0.05, 0) is 29.8 Å². The number of nitrogens with two attached hydrogens (primary N) is 1. The standard InChI is InChI=1S/C21H20FN3O5S.C13H14FN3O3S.CH4/c1-29-20(27)16(25-21(28)30-12-13-5-3-2-4-6-13)11-24-19(26)17-9-15-18(31-17)14(10-22)7-8-23-15;1-20-13(19)8(15)6-17-12(18)10-4-9-11(21-10)7(5-14)2-3-16-9;/h2-9,16H,10-12H2,1H3,(H,24,26)(H,25,28);2-4,8H,5-6,15H2,1H3,(H,17,18);1H4/t16-;8-;/m11./s1. The van der Waals surface area contributed by atoms with Crippen LogP contribution in [0, 0.1) is 0 Å². The van der Waals surface area contributed by atoms with Gasteiger partial charge in [0, 0.05) is 36.6 Å². The third-order valence-corrected chi connectivity index (χ3v) is 9.56.